The average molecular weight is 287 g/mol. The predicted octanol–water partition coefficient (Wildman–Crippen LogP) is 0.850. The molecule has 2 saturated heterocycles. The number of carbonyl (C=O) groups excluding carboxylic acids is 2. The number of hydroxylamine groups is 2. The summed E-state index contributed by atoms with van der Waals surface area (Å²) in [7, 11) is 0. The molecule has 3 aliphatic rings. The predicted molar refractivity (Wildman–Crippen MR) is 73.0 cm³/mol. The van der Waals surface area contributed by atoms with E-state index in [1.165, 1.54) is 17.9 Å². The van der Waals surface area contributed by atoms with Crippen molar-refractivity contribution in [2.24, 2.45) is 5.92 Å². The lowest BCUT2D eigenvalue weighted by molar-refractivity contribution is -0.230. The Morgan fingerprint density at radius 2 is 2.19 bits per heavy atom. The fraction of sp³-hybridized carbons (Fsp3) is 0.533. The third kappa shape index (κ3) is 2.29. The normalized spacial score (nSPS) is 23.5. The number of aromatic nitrogens is 1. The van der Waals surface area contributed by atoms with Gasteiger partial charge in [0.05, 0.1) is 26.1 Å². The molecular weight excluding hydrogens is 270 g/mol. The van der Waals surface area contributed by atoms with Crippen LogP contribution in [0.5, 0.6) is 0 Å². The number of amides is 2. The zero-order valence-corrected chi connectivity index (χ0v) is 11.7. The molecule has 0 radical (unpaired) electrons. The number of carbonyl (C=O) groups is 2. The van der Waals surface area contributed by atoms with Gasteiger partial charge in [0.25, 0.3) is 5.91 Å². The van der Waals surface area contributed by atoms with Crippen molar-refractivity contribution in [3.63, 3.8) is 0 Å². The maximum atomic E-state index is 12.2. The Kier molecular flexibility index (Phi) is 2.75. The second kappa shape index (κ2) is 4.53. The van der Waals surface area contributed by atoms with E-state index in [2.05, 4.69) is 4.98 Å². The number of likely N-dealkylation sites (tertiary alicyclic amines) is 1. The standard InChI is InChI=1S/C15H17N3O3/c19-13-7-15(21-18(13)8-11-4-5-11)9-17(10-15)14(20)12-3-1-2-6-16-12/h1-3,6,11H,4-5,7-10H2. The van der Waals surface area contributed by atoms with Crippen molar-refractivity contribution in [2.75, 3.05) is 19.6 Å². The Morgan fingerprint density at radius 1 is 1.38 bits per heavy atom. The Labute approximate surface area is 122 Å². The third-order valence-electron chi connectivity index (χ3n) is 4.31. The van der Waals surface area contributed by atoms with Crippen LogP contribution in [0.3, 0.4) is 0 Å². The van der Waals surface area contributed by atoms with E-state index < -0.39 is 5.60 Å². The van der Waals surface area contributed by atoms with Crippen molar-refractivity contribution < 1.29 is 14.4 Å². The van der Waals surface area contributed by atoms with Crippen LogP contribution in [0.15, 0.2) is 24.4 Å². The number of pyridine rings is 1. The lowest BCUT2D eigenvalue weighted by Crippen LogP contribution is -2.63. The highest BCUT2D eigenvalue weighted by Crippen LogP contribution is 2.39. The van der Waals surface area contributed by atoms with Crippen molar-refractivity contribution in [3.05, 3.63) is 30.1 Å². The molecule has 110 valence electrons. The van der Waals surface area contributed by atoms with E-state index in [-0.39, 0.29) is 11.8 Å². The zero-order valence-electron chi connectivity index (χ0n) is 11.7. The summed E-state index contributed by atoms with van der Waals surface area (Å²) in [5.41, 5.74) is -0.0531. The summed E-state index contributed by atoms with van der Waals surface area (Å²) in [5.74, 6) is 0.556. The molecule has 4 rings (SSSR count). The topological polar surface area (TPSA) is 62.7 Å². The van der Waals surface area contributed by atoms with Crippen LogP contribution >= 0.6 is 0 Å². The SMILES string of the molecule is O=C(c1ccccn1)N1CC2(CC(=O)N(CC3CC3)O2)C1. The minimum absolute atomic E-state index is 0.0480. The summed E-state index contributed by atoms with van der Waals surface area (Å²) in [6, 6.07) is 5.28. The van der Waals surface area contributed by atoms with Crippen molar-refractivity contribution in [1.29, 1.82) is 0 Å². The molecule has 0 aromatic carbocycles. The van der Waals surface area contributed by atoms with Crippen molar-refractivity contribution in [2.45, 2.75) is 24.9 Å². The first-order valence-corrected chi connectivity index (χ1v) is 7.35. The molecule has 3 heterocycles. The van der Waals surface area contributed by atoms with Gasteiger partial charge >= 0.3 is 0 Å². The minimum atomic E-state index is -0.490. The number of rotatable bonds is 3. The molecule has 2 aliphatic heterocycles. The van der Waals surface area contributed by atoms with Crippen LogP contribution in [0.1, 0.15) is 29.8 Å². The first-order chi connectivity index (χ1) is 10.2. The fourth-order valence-corrected chi connectivity index (χ4v) is 2.97. The quantitative estimate of drug-likeness (QED) is 0.827. The van der Waals surface area contributed by atoms with Crippen molar-refractivity contribution in [1.82, 2.24) is 14.9 Å². The van der Waals surface area contributed by atoms with Gasteiger partial charge in [-0.05, 0) is 30.9 Å². The van der Waals surface area contributed by atoms with Crippen LogP contribution in [-0.2, 0) is 9.63 Å². The molecule has 1 aromatic heterocycles. The number of nitrogens with zero attached hydrogens (tertiary/aromatic N) is 3. The van der Waals surface area contributed by atoms with Gasteiger partial charge in [-0.2, -0.15) is 0 Å². The van der Waals surface area contributed by atoms with Crippen LogP contribution in [0.2, 0.25) is 0 Å². The highest BCUT2D eigenvalue weighted by atomic mass is 16.7. The fourth-order valence-electron chi connectivity index (χ4n) is 2.97. The van der Waals surface area contributed by atoms with Gasteiger partial charge in [0.1, 0.15) is 11.3 Å². The van der Waals surface area contributed by atoms with E-state index in [0.29, 0.717) is 37.7 Å². The Hall–Kier alpha value is -1.95. The summed E-state index contributed by atoms with van der Waals surface area (Å²) in [6.45, 7) is 1.64. The van der Waals surface area contributed by atoms with Crippen LogP contribution in [0.4, 0.5) is 0 Å². The zero-order chi connectivity index (χ0) is 14.4. The molecule has 0 atom stereocenters. The van der Waals surface area contributed by atoms with Gasteiger partial charge in [0.2, 0.25) is 5.91 Å². The van der Waals surface area contributed by atoms with E-state index in [1.807, 2.05) is 0 Å². The van der Waals surface area contributed by atoms with Crippen LogP contribution in [0, 0.1) is 5.92 Å². The highest BCUT2D eigenvalue weighted by Gasteiger charge is 2.55. The largest absolute Gasteiger partial charge is 0.331 e. The van der Waals surface area contributed by atoms with Crippen LogP contribution in [0.25, 0.3) is 0 Å². The van der Waals surface area contributed by atoms with Gasteiger partial charge in [-0.15, -0.1) is 0 Å². The second-order valence-corrected chi connectivity index (χ2v) is 6.23. The minimum Gasteiger partial charge on any atom is -0.331 e. The molecule has 0 N–H and O–H groups in total. The molecule has 1 saturated carbocycles. The smallest absolute Gasteiger partial charge is 0.272 e. The monoisotopic (exact) mass is 287 g/mol. The van der Waals surface area contributed by atoms with Gasteiger partial charge < -0.3 is 4.90 Å². The van der Waals surface area contributed by atoms with E-state index >= 15 is 0 Å². The Morgan fingerprint density at radius 3 is 2.86 bits per heavy atom. The van der Waals surface area contributed by atoms with E-state index in [9.17, 15) is 9.59 Å². The molecule has 1 spiro atoms. The first-order valence-electron chi connectivity index (χ1n) is 7.35. The van der Waals surface area contributed by atoms with Gasteiger partial charge in [0.15, 0.2) is 0 Å². The lowest BCUT2D eigenvalue weighted by atomic mass is 9.90. The van der Waals surface area contributed by atoms with Crippen LogP contribution in [-0.4, -0.2) is 52.0 Å². The van der Waals surface area contributed by atoms with E-state index in [4.69, 9.17) is 4.84 Å². The van der Waals surface area contributed by atoms with E-state index in [1.54, 1.807) is 29.3 Å². The summed E-state index contributed by atoms with van der Waals surface area (Å²) >= 11 is 0. The second-order valence-electron chi connectivity index (χ2n) is 6.23. The summed E-state index contributed by atoms with van der Waals surface area (Å²) < 4.78 is 0. The van der Waals surface area contributed by atoms with Gasteiger partial charge in [0, 0.05) is 6.20 Å². The highest BCUT2D eigenvalue weighted by molar-refractivity contribution is 5.93. The summed E-state index contributed by atoms with van der Waals surface area (Å²) in [5, 5.41) is 1.51. The van der Waals surface area contributed by atoms with Gasteiger partial charge in [-0.3, -0.25) is 19.4 Å². The Balaban J connectivity index is 1.38. The number of hydrogen-bond donors (Lipinski definition) is 0. The molecule has 0 unspecified atom stereocenters. The summed E-state index contributed by atoms with van der Waals surface area (Å²) in [6.07, 6.45) is 4.36. The van der Waals surface area contributed by atoms with Crippen molar-refractivity contribution in [3.8, 4) is 0 Å². The molecule has 0 bridgehead atoms. The first kappa shape index (κ1) is 12.8. The van der Waals surface area contributed by atoms with Crippen molar-refractivity contribution >= 4 is 11.8 Å². The molecule has 3 fully saturated rings. The maximum Gasteiger partial charge on any atom is 0.272 e. The molecule has 2 amide bonds. The maximum absolute atomic E-state index is 12.2. The molecule has 6 heteroatoms. The lowest BCUT2D eigenvalue weighted by Gasteiger charge is -2.45. The van der Waals surface area contributed by atoms with E-state index in [0.717, 1.165) is 0 Å². The summed E-state index contributed by atoms with van der Waals surface area (Å²) in [4.78, 5) is 35.8. The molecule has 6 nitrogen and oxygen atoms in total. The molecule has 1 aliphatic carbocycles. The van der Waals surface area contributed by atoms with Gasteiger partial charge in [-0.1, -0.05) is 6.07 Å². The van der Waals surface area contributed by atoms with Crippen LogP contribution < -0.4 is 0 Å². The van der Waals surface area contributed by atoms with Gasteiger partial charge in [-0.25, -0.2) is 5.06 Å². The number of hydrogen-bond acceptors (Lipinski definition) is 4. The molecule has 21 heavy (non-hydrogen) atoms. The Bertz CT molecular complexity index is 579. The average Bonchev–Trinajstić information content (AvgIpc) is 3.21. The third-order valence-corrected chi connectivity index (χ3v) is 4.31. The molecule has 1 aromatic rings. The molecular formula is C15H17N3O3.